The largest absolute Gasteiger partial charge is 0.340 e. The molecule has 0 spiro atoms. The summed E-state index contributed by atoms with van der Waals surface area (Å²) in [5.74, 6) is -1.91. The molecule has 2 aromatic rings. The molecule has 0 bridgehead atoms. The first-order chi connectivity index (χ1) is 9.88. The van der Waals surface area contributed by atoms with E-state index in [9.17, 15) is 17.6 Å². The Kier molecular flexibility index (Phi) is 4.56. The molecule has 2 rings (SSSR count). The van der Waals surface area contributed by atoms with Crippen molar-refractivity contribution in [2.45, 2.75) is 0 Å². The first-order valence-electron chi connectivity index (χ1n) is 5.56. The zero-order valence-corrected chi connectivity index (χ0v) is 12.3. The third-order valence-corrected chi connectivity index (χ3v) is 3.10. The Hall–Kier alpha value is -1.97. The highest BCUT2D eigenvalue weighted by molar-refractivity contribution is 7.70. The minimum atomic E-state index is -3.04. The van der Waals surface area contributed by atoms with Crippen LogP contribution in [-0.4, -0.2) is 23.9 Å². The Morgan fingerprint density at radius 1 is 1.43 bits per heavy atom. The molecule has 0 saturated carbocycles. The van der Waals surface area contributed by atoms with Gasteiger partial charge in [-0.2, -0.15) is 0 Å². The maximum atomic E-state index is 13.9. The van der Waals surface area contributed by atoms with Gasteiger partial charge in [0.15, 0.2) is 5.82 Å². The van der Waals surface area contributed by atoms with Gasteiger partial charge in [0.05, 0.1) is 22.6 Å². The van der Waals surface area contributed by atoms with Crippen LogP contribution in [0.4, 0.5) is 4.39 Å². The van der Waals surface area contributed by atoms with Crippen LogP contribution in [0.15, 0.2) is 24.7 Å². The number of hydrogen-bond donors (Lipinski definition) is 3. The number of hydrazine groups is 1. The van der Waals surface area contributed by atoms with Crippen molar-refractivity contribution in [3.05, 3.63) is 41.1 Å². The summed E-state index contributed by atoms with van der Waals surface area (Å²) in [4.78, 5) is 17.5. The van der Waals surface area contributed by atoms with Crippen molar-refractivity contribution >= 4 is 28.4 Å². The average Bonchev–Trinajstić information content (AvgIpc) is 2.85. The molecular formula is C11H10ClFN4O3S. The Morgan fingerprint density at radius 3 is 2.71 bits per heavy atom. The minimum Gasteiger partial charge on any atom is -0.340 e. The molecule has 1 heterocycles. The van der Waals surface area contributed by atoms with Crippen LogP contribution >= 0.6 is 11.6 Å². The molecule has 0 radical (unpaired) electrons. The fraction of sp³-hybridized carbons (Fsp3) is 0.0909. The van der Waals surface area contributed by atoms with Crippen LogP contribution in [0, 0.1) is 5.82 Å². The van der Waals surface area contributed by atoms with Gasteiger partial charge in [0.25, 0.3) is 5.91 Å². The van der Waals surface area contributed by atoms with Crippen molar-refractivity contribution in [3.63, 3.8) is 0 Å². The van der Waals surface area contributed by atoms with Gasteiger partial charge in [-0.25, -0.2) is 17.8 Å². The maximum absolute atomic E-state index is 13.9. The van der Waals surface area contributed by atoms with Gasteiger partial charge in [0.1, 0.15) is 0 Å². The SMILES string of the molecule is Cn1cnc(-c2cc(Cl)c(F)c(C(=O)NN[SH](=O)=O)c2)c1. The first kappa shape index (κ1) is 15.4. The van der Waals surface area contributed by atoms with Crippen LogP contribution in [0.2, 0.25) is 5.02 Å². The number of aryl methyl sites for hydroxylation is 1. The van der Waals surface area contributed by atoms with Crippen molar-refractivity contribution in [1.82, 2.24) is 19.8 Å². The second-order valence-electron chi connectivity index (χ2n) is 4.07. The third kappa shape index (κ3) is 3.57. The van der Waals surface area contributed by atoms with E-state index >= 15 is 0 Å². The fourth-order valence-electron chi connectivity index (χ4n) is 1.63. The molecule has 0 aliphatic rings. The number of aromatic nitrogens is 2. The van der Waals surface area contributed by atoms with E-state index in [4.69, 9.17) is 11.6 Å². The van der Waals surface area contributed by atoms with Crippen molar-refractivity contribution in [2.24, 2.45) is 7.05 Å². The summed E-state index contributed by atoms with van der Waals surface area (Å²) in [7, 11) is -1.29. The minimum absolute atomic E-state index is 0.269. The van der Waals surface area contributed by atoms with E-state index in [2.05, 4.69) is 4.98 Å². The number of benzene rings is 1. The summed E-state index contributed by atoms with van der Waals surface area (Å²) in [5, 5.41) is -0.269. The van der Waals surface area contributed by atoms with Crippen LogP contribution in [0.25, 0.3) is 11.3 Å². The number of nitrogens with zero attached hydrogens (tertiary/aromatic N) is 2. The molecule has 112 valence electrons. The topological polar surface area (TPSA) is 93.1 Å². The number of thiol groups is 1. The number of nitrogens with one attached hydrogen (secondary N) is 2. The second-order valence-corrected chi connectivity index (χ2v) is 5.21. The molecule has 1 aromatic heterocycles. The number of carbonyl (C=O) groups excluding carboxylic acids is 1. The number of imidazole rings is 1. The molecule has 0 saturated heterocycles. The van der Waals surface area contributed by atoms with Crippen molar-refractivity contribution in [2.75, 3.05) is 0 Å². The van der Waals surface area contributed by atoms with Crippen molar-refractivity contribution in [3.8, 4) is 11.3 Å². The lowest BCUT2D eigenvalue weighted by atomic mass is 10.1. The van der Waals surface area contributed by atoms with Gasteiger partial charge in [0.2, 0.25) is 10.9 Å². The highest BCUT2D eigenvalue weighted by Gasteiger charge is 2.17. The quantitative estimate of drug-likeness (QED) is 0.566. The predicted octanol–water partition coefficient (Wildman–Crippen LogP) is 0.640. The molecule has 21 heavy (non-hydrogen) atoms. The van der Waals surface area contributed by atoms with Crippen LogP contribution in [0.1, 0.15) is 10.4 Å². The maximum Gasteiger partial charge on any atom is 0.269 e. The Bertz CT molecular complexity index is 767. The lowest BCUT2D eigenvalue weighted by molar-refractivity contribution is 0.0941. The van der Waals surface area contributed by atoms with Gasteiger partial charge < -0.3 is 4.57 Å². The molecule has 10 heteroatoms. The van der Waals surface area contributed by atoms with Gasteiger partial charge >= 0.3 is 0 Å². The van der Waals surface area contributed by atoms with Gasteiger partial charge in [-0.05, 0) is 12.1 Å². The van der Waals surface area contributed by atoms with Gasteiger partial charge in [0, 0.05) is 18.8 Å². The van der Waals surface area contributed by atoms with Crippen molar-refractivity contribution in [1.29, 1.82) is 0 Å². The summed E-state index contributed by atoms with van der Waals surface area (Å²) in [6.45, 7) is 0. The summed E-state index contributed by atoms with van der Waals surface area (Å²) in [6, 6.07) is 2.57. The lowest BCUT2D eigenvalue weighted by Crippen LogP contribution is -2.36. The average molecular weight is 333 g/mol. The van der Waals surface area contributed by atoms with E-state index in [0.717, 1.165) is 0 Å². The van der Waals surface area contributed by atoms with Crippen LogP contribution in [0.3, 0.4) is 0 Å². The summed E-state index contributed by atoms with van der Waals surface area (Å²) >= 11 is 5.75. The van der Waals surface area contributed by atoms with Crippen LogP contribution in [-0.2, 0) is 17.9 Å². The first-order valence-corrected chi connectivity index (χ1v) is 7.12. The predicted molar refractivity (Wildman–Crippen MR) is 74.5 cm³/mol. The monoisotopic (exact) mass is 332 g/mol. The zero-order chi connectivity index (χ0) is 15.6. The third-order valence-electron chi connectivity index (χ3n) is 2.53. The summed E-state index contributed by atoms with van der Waals surface area (Å²) in [5.41, 5.74) is 2.37. The second kappa shape index (κ2) is 6.20. The van der Waals surface area contributed by atoms with E-state index in [1.165, 1.54) is 18.5 Å². The zero-order valence-electron chi connectivity index (χ0n) is 10.6. The molecule has 7 nitrogen and oxygen atoms in total. The van der Waals surface area contributed by atoms with E-state index in [1.54, 1.807) is 22.6 Å². The van der Waals surface area contributed by atoms with E-state index in [-0.39, 0.29) is 5.02 Å². The molecule has 0 fully saturated rings. The van der Waals surface area contributed by atoms with Gasteiger partial charge in [-0.3, -0.25) is 10.2 Å². The van der Waals surface area contributed by atoms with E-state index < -0.39 is 28.2 Å². The van der Waals surface area contributed by atoms with Crippen LogP contribution in [0.5, 0.6) is 0 Å². The Balaban J connectivity index is 2.41. The highest BCUT2D eigenvalue weighted by Crippen LogP contribution is 2.26. The Morgan fingerprint density at radius 2 is 2.14 bits per heavy atom. The van der Waals surface area contributed by atoms with Gasteiger partial charge in [-0.1, -0.05) is 11.6 Å². The Labute approximate surface area is 125 Å². The lowest BCUT2D eigenvalue weighted by Gasteiger charge is -2.07. The standard InChI is InChI=1S/C11H10ClFN4O3S/c1-17-4-9(14-5-17)6-2-7(10(13)8(12)3-6)11(18)15-16-21(19)20/h2-5,21H,1H3,(H,15,18)(H,16,19,20). The molecule has 0 atom stereocenters. The molecule has 2 N–H and O–H groups in total. The fourth-order valence-corrected chi connectivity index (χ4v) is 2.04. The van der Waals surface area contributed by atoms with Crippen LogP contribution < -0.4 is 10.3 Å². The van der Waals surface area contributed by atoms with E-state index in [1.807, 2.05) is 5.43 Å². The molecular weight excluding hydrogens is 323 g/mol. The number of halogens is 2. The number of amides is 1. The number of carbonyl (C=O) groups is 1. The molecule has 0 aliphatic carbocycles. The molecule has 0 unspecified atom stereocenters. The normalized spacial score (nSPS) is 10.9. The summed E-state index contributed by atoms with van der Waals surface area (Å²) in [6.07, 6.45) is 3.20. The summed E-state index contributed by atoms with van der Waals surface area (Å²) < 4.78 is 36.3. The van der Waals surface area contributed by atoms with E-state index in [0.29, 0.717) is 11.3 Å². The number of hydrogen-bond acceptors (Lipinski definition) is 4. The molecule has 1 aromatic carbocycles. The highest BCUT2D eigenvalue weighted by atomic mass is 35.5. The van der Waals surface area contributed by atoms with Gasteiger partial charge in [-0.15, -0.1) is 4.83 Å². The molecule has 1 amide bonds. The smallest absolute Gasteiger partial charge is 0.269 e. The number of rotatable bonds is 4. The molecule has 0 aliphatic heterocycles. The van der Waals surface area contributed by atoms with Crippen molar-refractivity contribution < 1.29 is 17.6 Å².